The van der Waals surface area contributed by atoms with Crippen molar-refractivity contribution in [2.75, 3.05) is 5.32 Å². The maximum atomic E-state index is 4.48. The van der Waals surface area contributed by atoms with E-state index in [2.05, 4.69) is 63.2 Å². The predicted octanol–water partition coefficient (Wildman–Crippen LogP) is 3.79. The third-order valence-corrected chi connectivity index (χ3v) is 4.33. The summed E-state index contributed by atoms with van der Waals surface area (Å²) in [5.41, 5.74) is 4.26. The molecule has 0 fully saturated rings. The van der Waals surface area contributed by atoms with Crippen LogP contribution in [0, 0.1) is 10.5 Å². The van der Waals surface area contributed by atoms with Gasteiger partial charge in [-0.15, -0.1) is 0 Å². The molecule has 0 aliphatic rings. The first-order valence-corrected chi connectivity index (χ1v) is 7.77. The Kier molecular flexibility index (Phi) is 4.19. The predicted molar refractivity (Wildman–Crippen MR) is 92.6 cm³/mol. The smallest absolute Gasteiger partial charge is 0.102 e. The molecule has 0 amide bonds. The van der Waals surface area contributed by atoms with Gasteiger partial charge in [0.25, 0.3) is 0 Å². The summed E-state index contributed by atoms with van der Waals surface area (Å²) < 4.78 is 1.26. The molecule has 106 valence electrons. The Morgan fingerprint density at radius 3 is 2.71 bits per heavy atom. The van der Waals surface area contributed by atoms with Gasteiger partial charge in [-0.25, -0.2) is 0 Å². The lowest BCUT2D eigenvalue weighted by molar-refractivity contribution is 0.740. The van der Waals surface area contributed by atoms with Gasteiger partial charge in [-0.1, -0.05) is 24.3 Å². The van der Waals surface area contributed by atoms with Crippen molar-refractivity contribution < 1.29 is 0 Å². The molecule has 3 rings (SSSR count). The second-order valence-corrected chi connectivity index (χ2v) is 5.94. The number of nitrogens with one attached hydrogen (secondary N) is 1. The average molecular weight is 390 g/mol. The Balaban J connectivity index is 1.69. The van der Waals surface area contributed by atoms with Crippen LogP contribution in [0.15, 0.2) is 54.7 Å². The van der Waals surface area contributed by atoms with Crippen LogP contribution in [0.3, 0.4) is 0 Å². The van der Waals surface area contributed by atoms with Crippen LogP contribution in [0.1, 0.15) is 11.3 Å². The van der Waals surface area contributed by atoms with Crippen molar-refractivity contribution in [3.8, 4) is 5.69 Å². The molecule has 1 aromatic heterocycles. The van der Waals surface area contributed by atoms with Crippen LogP contribution in [-0.4, -0.2) is 15.0 Å². The first-order chi connectivity index (χ1) is 10.2. The molecule has 0 spiro atoms. The number of aryl methyl sites for hydroxylation is 1. The van der Waals surface area contributed by atoms with E-state index < -0.39 is 0 Å². The van der Waals surface area contributed by atoms with Crippen LogP contribution in [0.4, 0.5) is 5.69 Å². The Hall–Kier alpha value is -1.89. The lowest BCUT2D eigenvalue weighted by Gasteiger charge is -2.06. The van der Waals surface area contributed by atoms with Gasteiger partial charge in [-0.3, -0.25) is 0 Å². The number of anilines is 1. The van der Waals surface area contributed by atoms with E-state index in [-0.39, 0.29) is 0 Å². The standard InChI is InChI=1S/C16H15IN4/c1-12-7-8-13(9-16(12)17)18-10-14-11-19-21(20-14)15-5-3-2-4-6-15/h2-9,11,18H,10H2,1H3. The van der Waals surface area contributed by atoms with E-state index in [1.165, 1.54) is 9.13 Å². The number of halogens is 1. The zero-order chi connectivity index (χ0) is 14.7. The number of nitrogens with zero attached hydrogens (tertiary/aromatic N) is 3. The largest absolute Gasteiger partial charge is 0.379 e. The zero-order valence-electron chi connectivity index (χ0n) is 11.6. The molecular weight excluding hydrogens is 375 g/mol. The van der Waals surface area contributed by atoms with E-state index in [1.54, 1.807) is 11.0 Å². The van der Waals surface area contributed by atoms with Gasteiger partial charge in [0, 0.05) is 9.26 Å². The van der Waals surface area contributed by atoms with E-state index in [0.717, 1.165) is 17.1 Å². The van der Waals surface area contributed by atoms with Crippen molar-refractivity contribution in [3.63, 3.8) is 0 Å². The zero-order valence-corrected chi connectivity index (χ0v) is 13.8. The third-order valence-electron chi connectivity index (χ3n) is 3.17. The SMILES string of the molecule is Cc1ccc(NCc2cnn(-c3ccccc3)n2)cc1I. The van der Waals surface area contributed by atoms with Gasteiger partial charge in [-0.2, -0.15) is 15.0 Å². The number of hydrogen-bond donors (Lipinski definition) is 1. The van der Waals surface area contributed by atoms with E-state index in [1.807, 2.05) is 30.3 Å². The molecule has 0 aliphatic heterocycles. The summed E-state index contributed by atoms with van der Waals surface area (Å²) in [7, 11) is 0. The molecule has 0 radical (unpaired) electrons. The van der Waals surface area contributed by atoms with Crippen molar-refractivity contribution >= 4 is 28.3 Å². The highest BCUT2D eigenvalue weighted by atomic mass is 127. The summed E-state index contributed by atoms with van der Waals surface area (Å²) >= 11 is 2.34. The molecule has 1 heterocycles. The van der Waals surface area contributed by atoms with E-state index in [0.29, 0.717) is 6.54 Å². The first kappa shape index (κ1) is 14.1. The van der Waals surface area contributed by atoms with E-state index >= 15 is 0 Å². The van der Waals surface area contributed by atoms with Gasteiger partial charge in [-0.05, 0) is 59.3 Å². The van der Waals surface area contributed by atoms with Crippen molar-refractivity contribution in [1.29, 1.82) is 0 Å². The van der Waals surface area contributed by atoms with E-state index in [9.17, 15) is 0 Å². The second kappa shape index (κ2) is 6.26. The maximum Gasteiger partial charge on any atom is 0.102 e. The number of hydrogen-bond acceptors (Lipinski definition) is 3. The molecule has 0 saturated carbocycles. The van der Waals surface area contributed by atoms with Gasteiger partial charge in [0.15, 0.2) is 0 Å². The van der Waals surface area contributed by atoms with Gasteiger partial charge in [0.05, 0.1) is 18.4 Å². The Bertz CT molecular complexity index is 737. The summed E-state index contributed by atoms with van der Waals surface area (Å²) in [5.74, 6) is 0. The maximum absolute atomic E-state index is 4.48. The van der Waals surface area contributed by atoms with Gasteiger partial charge in [0.2, 0.25) is 0 Å². The fourth-order valence-electron chi connectivity index (χ4n) is 1.96. The first-order valence-electron chi connectivity index (χ1n) is 6.69. The van der Waals surface area contributed by atoms with Crippen LogP contribution >= 0.6 is 22.6 Å². The molecule has 4 nitrogen and oxygen atoms in total. The molecule has 21 heavy (non-hydrogen) atoms. The van der Waals surface area contributed by atoms with Crippen molar-refractivity contribution in [2.24, 2.45) is 0 Å². The Morgan fingerprint density at radius 2 is 1.95 bits per heavy atom. The van der Waals surface area contributed by atoms with Crippen LogP contribution < -0.4 is 5.32 Å². The highest BCUT2D eigenvalue weighted by Gasteiger charge is 2.03. The summed E-state index contributed by atoms with van der Waals surface area (Å²) in [6.07, 6.45) is 1.79. The molecule has 0 saturated heterocycles. The Labute approximate surface area is 137 Å². The highest BCUT2D eigenvalue weighted by Crippen LogP contribution is 2.17. The fraction of sp³-hybridized carbons (Fsp3) is 0.125. The summed E-state index contributed by atoms with van der Waals surface area (Å²) in [4.78, 5) is 1.65. The van der Waals surface area contributed by atoms with Crippen LogP contribution in [-0.2, 0) is 6.54 Å². The quantitative estimate of drug-likeness (QED) is 0.690. The minimum absolute atomic E-state index is 0.659. The van der Waals surface area contributed by atoms with Crippen molar-refractivity contribution in [1.82, 2.24) is 15.0 Å². The van der Waals surface area contributed by atoms with Crippen molar-refractivity contribution in [3.05, 3.63) is 69.6 Å². The molecular formula is C16H15IN4. The topological polar surface area (TPSA) is 42.7 Å². The number of rotatable bonds is 4. The lowest BCUT2D eigenvalue weighted by atomic mass is 10.2. The number of benzene rings is 2. The molecule has 2 aromatic carbocycles. The number of aromatic nitrogens is 3. The average Bonchev–Trinajstić information content (AvgIpc) is 2.98. The summed E-state index contributed by atoms with van der Waals surface area (Å²) in [5, 5.41) is 12.1. The van der Waals surface area contributed by atoms with Crippen LogP contribution in [0.25, 0.3) is 5.69 Å². The van der Waals surface area contributed by atoms with Gasteiger partial charge < -0.3 is 5.32 Å². The lowest BCUT2D eigenvalue weighted by Crippen LogP contribution is -2.03. The van der Waals surface area contributed by atoms with Gasteiger partial charge >= 0.3 is 0 Å². The van der Waals surface area contributed by atoms with Crippen molar-refractivity contribution in [2.45, 2.75) is 13.5 Å². The van der Waals surface area contributed by atoms with Crippen LogP contribution in [0.2, 0.25) is 0 Å². The normalized spacial score (nSPS) is 10.6. The molecule has 3 aromatic rings. The minimum atomic E-state index is 0.659. The van der Waals surface area contributed by atoms with E-state index in [4.69, 9.17) is 0 Å². The fourth-order valence-corrected chi connectivity index (χ4v) is 2.47. The summed E-state index contributed by atoms with van der Waals surface area (Å²) in [6.45, 7) is 2.77. The second-order valence-electron chi connectivity index (χ2n) is 4.78. The molecule has 5 heteroatoms. The Morgan fingerprint density at radius 1 is 1.14 bits per heavy atom. The summed E-state index contributed by atoms with van der Waals surface area (Å²) in [6, 6.07) is 16.2. The molecule has 0 aliphatic carbocycles. The number of para-hydroxylation sites is 1. The highest BCUT2D eigenvalue weighted by molar-refractivity contribution is 14.1. The monoisotopic (exact) mass is 390 g/mol. The van der Waals surface area contributed by atoms with Crippen LogP contribution in [0.5, 0.6) is 0 Å². The molecule has 0 bridgehead atoms. The third kappa shape index (κ3) is 3.41. The molecule has 0 unspecified atom stereocenters. The minimum Gasteiger partial charge on any atom is -0.379 e. The van der Waals surface area contributed by atoms with Gasteiger partial charge in [0.1, 0.15) is 5.69 Å². The molecule has 0 atom stereocenters. The molecule has 1 N–H and O–H groups in total.